The zero-order valence-electron chi connectivity index (χ0n) is 12.3. The molecule has 0 fully saturated rings. The molecule has 0 spiro atoms. The summed E-state index contributed by atoms with van der Waals surface area (Å²) < 4.78 is 20.5. The lowest BCUT2D eigenvalue weighted by Crippen LogP contribution is -2.15. The summed E-state index contributed by atoms with van der Waals surface area (Å²) in [6, 6.07) is 5.78. The second-order valence-corrected chi connectivity index (χ2v) is 5.50. The number of benzene rings is 1. The van der Waals surface area contributed by atoms with Crippen molar-refractivity contribution in [3.63, 3.8) is 0 Å². The van der Waals surface area contributed by atoms with E-state index in [1.807, 2.05) is 18.4 Å². The number of primary amides is 1. The average Bonchev–Trinajstić information content (AvgIpc) is 2.90. The Morgan fingerprint density at radius 2 is 2.09 bits per heavy atom. The topological polar surface area (TPSA) is 83.0 Å². The fraction of sp³-hybridized carbons (Fsp3) is 0.357. The molecule has 0 saturated heterocycles. The van der Waals surface area contributed by atoms with Gasteiger partial charge in [-0.05, 0) is 38.1 Å². The highest BCUT2D eigenvalue weighted by molar-refractivity contribution is 7.99. The first kappa shape index (κ1) is 16.3. The molecule has 1 amide bonds. The first-order valence-corrected chi connectivity index (χ1v) is 7.76. The molecule has 6 nitrogen and oxygen atoms in total. The minimum absolute atomic E-state index is 0.144. The lowest BCUT2D eigenvalue weighted by Gasteiger charge is -2.15. The fourth-order valence-corrected chi connectivity index (χ4v) is 2.66. The van der Waals surface area contributed by atoms with Gasteiger partial charge >= 0.3 is 0 Å². The maximum atomic E-state index is 12.9. The predicted octanol–water partition coefficient (Wildman–Crippen LogP) is 2.15. The van der Waals surface area contributed by atoms with Gasteiger partial charge in [0.2, 0.25) is 5.91 Å². The number of hydrogen-bond donors (Lipinski definition) is 1. The van der Waals surface area contributed by atoms with Crippen molar-refractivity contribution in [3.05, 3.63) is 35.9 Å². The van der Waals surface area contributed by atoms with Crippen molar-refractivity contribution in [2.24, 2.45) is 5.73 Å². The number of thioether (sulfide) groups is 1. The maximum Gasteiger partial charge on any atom is 0.227 e. The molecule has 22 heavy (non-hydrogen) atoms. The van der Waals surface area contributed by atoms with Crippen LogP contribution in [0, 0.1) is 5.82 Å². The summed E-state index contributed by atoms with van der Waals surface area (Å²) in [5.74, 6) is 0.602. The Morgan fingerprint density at radius 3 is 2.68 bits per heavy atom. The van der Waals surface area contributed by atoms with Crippen molar-refractivity contribution in [2.45, 2.75) is 31.7 Å². The van der Waals surface area contributed by atoms with Crippen LogP contribution in [0.5, 0.6) is 5.75 Å². The zero-order valence-corrected chi connectivity index (χ0v) is 13.1. The van der Waals surface area contributed by atoms with Crippen LogP contribution in [0.25, 0.3) is 0 Å². The van der Waals surface area contributed by atoms with E-state index in [0.29, 0.717) is 23.3 Å². The first-order valence-electron chi connectivity index (χ1n) is 6.77. The lowest BCUT2D eigenvalue weighted by molar-refractivity contribution is -0.115. The summed E-state index contributed by atoms with van der Waals surface area (Å²) in [4.78, 5) is 10.9. The minimum atomic E-state index is -0.409. The van der Waals surface area contributed by atoms with Gasteiger partial charge in [0, 0.05) is 6.54 Å². The number of hydrogen-bond acceptors (Lipinski definition) is 5. The summed E-state index contributed by atoms with van der Waals surface area (Å²) in [5.41, 5.74) is 5.14. The van der Waals surface area contributed by atoms with Crippen LogP contribution in [0.1, 0.15) is 25.8 Å². The van der Waals surface area contributed by atoms with Crippen LogP contribution in [0.2, 0.25) is 0 Å². The van der Waals surface area contributed by atoms with Crippen molar-refractivity contribution in [3.8, 4) is 5.75 Å². The summed E-state index contributed by atoms with van der Waals surface area (Å²) in [6.07, 6.45) is -0.360. The van der Waals surface area contributed by atoms with E-state index >= 15 is 0 Å². The third-order valence-corrected chi connectivity index (χ3v) is 3.88. The largest absolute Gasteiger partial charge is 0.483 e. The Kier molecular flexibility index (Phi) is 5.37. The highest BCUT2D eigenvalue weighted by atomic mass is 32.2. The van der Waals surface area contributed by atoms with Crippen LogP contribution in [0.15, 0.2) is 29.4 Å². The quantitative estimate of drug-likeness (QED) is 0.789. The minimum Gasteiger partial charge on any atom is -0.483 e. The van der Waals surface area contributed by atoms with Gasteiger partial charge in [-0.1, -0.05) is 11.8 Å². The molecule has 1 aromatic heterocycles. The highest BCUT2D eigenvalue weighted by Crippen LogP contribution is 2.24. The van der Waals surface area contributed by atoms with Crippen LogP contribution < -0.4 is 10.5 Å². The second kappa shape index (κ2) is 7.26. The molecule has 2 N–H and O–H groups in total. The van der Waals surface area contributed by atoms with Crippen molar-refractivity contribution < 1.29 is 13.9 Å². The normalized spacial score (nSPS) is 12.1. The van der Waals surface area contributed by atoms with Gasteiger partial charge in [0.15, 0.2) is 17.1 Å². The van der Waals surface area contributed by atoms with Crippen LogP contribution in [-0.2, 0) is 11.3 Å². The van der Waals surface area contributed by atoms with Gasteiger partial charge in [0.25, 0.3) is 0 Å². The Bertz CT molecular complexity index is 645. The van der Waals surface area contributed by atoms with Gasteiger partial charge in [-0.2, -0.15) is 0 Å². The first-order chi connectivity index (χ1) is 10.5. The van der Waals surface area contributed by atoms with Crippen LogP contribution in [0.4, 0.5) is 4.39 Å². The second-order valence-electron chi connectivity index (χ2n) is 4.55. The van der Waals surface area contributed by atoms with Crippen molar-refractivity contribution in [1.82, 2.24) is 14.8 Å². The van der Waals surface area contributed by atoms with Gasteiger partial charge in [-0.3, -0.25) is 4.79 Å². The van der Waals surface area contributed by atoms with Gasteiger partial charge in [-0.15, -0.1) is 10.2 Å². The molecule has 1 aromatic carbocycles. The van der Waals surface area contributed by atoms with E-state index in [1.54, 1.807) is 12.1 Å². The SMILES string of the molecule is CCn1c(SCC(N)=O)nnc1C(C)Oc1ccc(F)cc1. The van der Waals surface area contributed by atoms with Gasteiger partial charge < -0.3 is 15.0 Å². The summed E-state index contributed by atoms with van der Waals surface area (Å²) in [5, 5.41) is 8.80. The Hall–Kier alpha value is -2.09. The number of halogens is 1. The monoisotopic (exact) mass is 324 g/mol. The smallest absolute Gasteiger partial charge is 0.227 e. The number of ether oxygens (including phenoxy) is 1. The summed E-state index contributed by atoms with van der Waals surface area (Å²) >= 11 is 1.24. The van der Waals surface area contributed by atoms with Gasteiger partial charge in [-0.25, -0.2) is 4.39 Å². The molecule has 118 valence electrons. The average molecular weight is 324 g/mol. The van der Waals surface area contributed by atoms with E-state index in [0.717, 1.165) is 0 Å². The molecule has 0 aliphatic heterocycles. The van der Waals surface area contributed by atoms with E-state index in [1.165, 1.54) is 23.9 Å². The standard InChI is InChI=1S/C14H17FN4O2S/c1-3-19-13(17-18-14(19)22-8-12(16)20)9(2)21-11-6-4-10(15)5-7-11/h4-7,9H,3,8H2,1-2H3,(H2,16,20). The molecule has 2 rings (SSSR count). The molecular weight excluding hydrogens is 307 g/mol. The molecule has 0 aliphatic rings. The number of aromatic nitrogens is 3. The Labute approximate surface area is 131 Å². The van der Waals surface area contributed by atoms with Gasteiger partial charge in [0.05, 0.1) is 5.75 Å². The molecule has 0 bridgehead atoms. The van der Waals surface area contributed by atoms with Crippen molar-refractivity contribution in [2.75, 3.05) is 5.75 Å². The molecule has 0 aliphatic carbocycles. The summed E-state index contributed by atoms with van der Waals surface area (Å²) in [7, 11) is 0. The number of rotatable bonds is 7. The van der Waals surface area contributed by atoms with Crippen LogP contribution >= 0.6 is 11.8 Å². The fourth-order valence-electron chi connectivity index (χ4n) is 1.91. The van der Waals surface area contributed by atoms with E-state index in [9.17, 15) is 9.18 Å². The van der Waals surface area contributed by atoms with Crippen molar-refractivity contribution >= 4 is 17.7 Å². The van der Waals surface area contributed by atoms with E-state index in [-0.39, 0.29) is 17.7 Å². The van der Waals surface area contributed by atoms with Crippen LogP contribution in [-0.4, -0.2) is 26.4 Å². The number of nitrogens with zero attached hydrogens (tertiary/aromatic N) is 3. The number of carbonyl (C=O) groups excluding carboxylic acids is 1. The van der Waals surface area contributed by atoms with E-state index in [4.69, 9.17) is 10.5 Å². The summed E-state index contributed by atoms with van der Waals surface area (Å²) in [6.45, 7) is 4.43. The molecule has 1 unspecified atom stereocenters. The Morgan fingerprint density at radius 1 is 1.41 bits per heavy atom. The third-order valence-electron chi connectivity index (χ3n) is 2.90. The molecular formula is C14H17FN4O2S. The molecule has 1 heterocycles. The van der Waals surface area contributed by atoms with Crippen molar-refractivity contribution in [1.29, 1.82) is 0 Å². The Balaban J connectivity index is 2.13. The van der Waals surface area contributed by atoms with Crippen LogP contribution in [0.3, 0.4) is 0 Å². The number of nitrogens with two attached hydrogens (primary N) is 1. The van der Waals surface area contributed by atoms with E-state index in [2.05, 4.69) is 10.2 Å². The molecule has 0 saturated carbocycles. The maximum absolute atomic E-state index is 12.9. The number of amides is 1. The molecule has 8 heteroatoms. The van der Waals surface area contributed by atoms with E-state index < -0.39 is 5.91 Å². The predicted molar refractivity (Wildman–Crippen MR) is 81.1 cm³/mol. The lowest BCUT2D eigenvalue weighted by atomic mass is 10.3. The molecule has 0 radical (unpaired) electrons. The molecule has 2 aromatic rings. The molecule has 1 atom stereocenters. The highest BCUT2D eigenvalue weighted by Gasteiger charge is 2.19. The van der Waals surface area contributed by atoms with Gasteiger partial charge in [0.1, 0.15) is 11.6 Å². The third kappa shape index (κ3) is 3.97. The number of carbonyl (C=O) groups is 1. The zero-order chi connectivity index (χ0) is 16.1.